The highest BCUT2D eigenvalue weighted by atomic mass is 35.5. The summed E-state index contributed by atoms with van der Waals surface area (Å²) in [4.78, 5) is 26.1. The topological polar surface area (TPSA) is 105 Å². The molecule has 1 saturated heterocycles. The van der Waals surface area contributed by atoms with Crippen molar-refractivity contribution in [2.45, 2.75) is 76.7 Å². The molecule has 3 atom stereocenters. The molecule has 0 bridgehead atoms. The van der Waals surface area contributed by atoms with Crippen LogP contribution < -0.4 is 15.8 Å². The summed E-state index contributed by atoms with van der Waals surface area (Å²) in [5.74, 6) is 0.643. The van der Waals surface area contributed by atoms with Crippen molar-refractivity contribution in [3.05, 3.63) is 28.8 Å². The number of halogens is 1. The van der Waals surface area contributed by atoms with Crippen LogP contribution in [-0.2, 0) is 16.1 Å². The molecule has 1 heterocycles. The van der Waals surface area contributed by atoms with Crippen LogP contribution in [0.2, 0.25) is 5.02 Å². The number of carbonyl (C=O) groups is 2. The van der Waals surface area contributed by atoms with Crippen LogP contribution in [0.25, 0.3) is 0 Å². The van der Waals surface area contributed by atoms with Crippen molar-refractivity contribution in [2.75, 3.05) is 13.2 Å². The van der Waals surface area contributed by atoms with Crippen molar-refractivity contribution in [2.24, 2.45) is 11.7 Å². The van der Waals surface area contributed by atoms with Crippen LogP contribution in [0.4, 0.5) is 0 Å². The number of hydrogen-bond donors (Lipinski definition) is 3. The van der Waals surface area contributed by atoms with Gasteiger partial charge in [-0.1, -0.05) is 30.9 Å². The Hall–Kier alpha value is -1.67. The molecule has 1 aliphatic carbocycles. The summed E-state index contributed by atoms with van der Waals surface area (Å²) in [6.45, 7) is 2.34. The molecule has 1 unspecified atom stereocenters. The van der Waals surface area contributed by atoms with E-state index in [4.69, 9.17) is 22.1 Å². The summed E-state index contributed by atoms with van der Waals surface area (Å²) < 4.78 is 5.56. The maximum atomic E-state index is 13.1. The number of aliphatic hydroxyl groups is 1. The molecule has 1 aliphatic heterocycles. The first-order valence-electron chi connectivity index (χ1n) is 11.2. The molecular formula is C23H34ClN3O4. The second-order valence-corrected chi connectivity index (χ2v) is 9.17. The maximum absolute atomic E-state index is 13.1. The van der Waals surface area contributed by atoms with Gasteiger partial charge in [0.15, 0.2) is 5.78 Å². The zero-order valence-electron chi connectivity index (χ0n) is 18.2. The fraction of sp³-hybridized carbons (Fsp3) is 0.652. The zero-order valence-corrected chi connectivity index (χ0v) is 18.9. The number of rotatable bonds is 9. The van der Waals surface area contributed by atoms with Crippen LogP contribution in [0, 0.1) is 5.92 Å². The molecule has 172 valence electrons. The Kier molecular flexibility index (Phi) is 8.72. The quantitative estimate of drug-likeness (QED) is 0.498. The van der Waals surface area contributed by atoms with E-state index in [0.29, 0.717) is 23.9 Å². The van der Waals surface area contributed by atoms with Crippen LogP contribution in [0.5, 0.6) is 5.75 Å². The zero-order chi connectivity index (χ0) is 22.4. The van der Waals surface area contributed by atoms with Crippen molar-refractivity contribution in [1.82, 2.24) is 10.2 Å². The third-order valence-electron chi connectivity index (χ3n) is 6.34. The second-order valence-electron chi connectivity index (χ2n) is 8.73. The Balaban J connectivity index is 1.60. The maximum Gasteiger partial charge on any atom is 0.240 e. The molecule has 2 aliphatic rings. The minimum absolute atomic E-state index is 0.0266. The Morgan fingerprint density at radius 2 is 2.00 bits per heavy atom. The average Bonchev–Trinajstić information content (AvgIpc) is 3.26. The number of amides is 1. The number of nitrogens with one attached hydrogen (secondary N) is 1. The number of aliphatic hydroxyl groups excluding tert-OH is 1. The predicted molar refractivity (Wildman–Crippen MR) is 120 cm³/mol. The fourth-order valence-corrected chi connectivity index (χ4v) is 4.83. The van der Waals surface area contributed by atoms with Gasteiger partial charge in [0.2, 0.25) is 5.91 Å². The molecule has 7 nitrogen and oxygen atoms in total. The summed E-state index contributed by atoms with van der Waals surface area (Å²) in [7, 11) is 0. The van der Waals surface area contributed by atoms with Crippen LogP contribution in [-0.4, -0.2) is 53.2 Å². The number of ketones is 1. The van der Waals surface area contributed by atoms with Crippen LogP contribution >= 0.6 is 11.6 Å². The molecule has 0 aromatic heterocycles. The molecule has 31 heavy (non-hydrogen) atoms. The lowest BCUT2D eigenvalue weighted by Crippen LogP contribution is -2.54. The fourth-order valence-electron chi connectivity index (χ4n) is 4.64. The van der Waals surface area contributed by atoms with Gasteiger partial charge in [0.1, 0.15) is 18.6 Å². The van der Waals surface area contributed by atoms with Crippen molar-refractivity contribution >= 4 is 23.3 Å². The number of likely N-dealkylation sites (tertiary alicyclic amines) is 1. The predicted octanol–water partition coefficient (Wildman–Crippen LogP) is 2.61. The van der Waals surface area contributed by atoms with E-state index >= 15 is 0 Å². The molecule has 0 spiro atoms. The van der Waals surface area contributed by atoms with Gasteiger partial charge in [0.25, 0.3) is 0 Å². The molecule has 1 aromatic carbocycles. The number of Topliss-reactive ketones (excluding diaryl/α,β-unsaturated/α-hetero) is 1. The van der Waals surface area contributed by atoms with Crippen molar-refractivity contribution in [1.29, 1.82) is 0 Å². The van der Waals surface area contributed by atoms with Gasteiger partial charge < -0.3 is 20.5 Å². The lowest BCUT2D eigenvalue weighted by Gasteiger charge is -2.34. The number of nitrogens with two attached hydrogens (primary N) is 1. The molecule has 3 rings (SSSR count). The smallest absolute Gasteiger partial charge is 0.240 e. The van der Waals surface area contributed by atoms with E-state index in [2.05, 4.69) is 5.32 Å². The van der Waals surface area contributed by atoms with E-state index in [-0.39, 0.29) is 30.3 Å². The summed E-state index contributed by atoms with van der Waals surface area (Å²) in [5, 5.41) is 14.5. The van der Waals surface area contributed by atoms with Crippen molar-refractivity contribution in [3.63, 3.8) is 0 Å². The molecular weight excluding hydrogens is 418 g/mol. The number of nitrogens with zero attached hydrogens (tertiary/aromatic N) is 1. The first-order chi connectivity index (χ1) is 14.9. The standard InChI is InChI=1S/C23H34ClN3O4/c1-15(28)14-31-20-10-9-18(24)12-17(20)13-26-22(29)19-8-5-11-27(19)23(30)21(25)16-6-3-2-4-7-16/h9-10,12,16,19,21-22,26,29H,2-8,11,13-14,25H2,1H3/t19-,21+,22?/m0/s1. The molecule has 4 N–H and O–H groups in total. The van der Waals surface area contributed by atoms with Gasteiger partial charge >= 0.3 is 0 Å². The molecule has 1 amide bonds. The van der Waals surface area contributed by atoms with Crippen LogP contribution in [0.15, 0.2) is 18.2 Å². The lowest BCUT2D eigenvalue weighted by atomic mass is 9.83. The third kappa shape index (κ3) is 6.42. The van der Waals surface area contributed by atoms with E-state index < -0.39 is 12.3 Å². The van der Waals surface area contributed by atoms with Crippen LogP contribution in [0.1, 0.15) is 57.4 Å². The van der Waals surface area contributed by atoms with E-state index in [0.717, 1.165) is 44.1 Å². The average molecular weight is 452 g/mol. The Bertz CT molecular complexity index is 769. The monoisotopic (exact) mass is 451 g/mol. The van der Waals surface area contributed by atoms with Crippen LogP contribution in [0.3, 0.4) is 0 Å². The second kappa shape index (κ2) is 11.3. The summed E-state index contributed by atoms with van der Waals surface area (Å²) in [6, 6.07) is 4.34. The summed E-state index contributed by atoms with van der Waals surface area (Å²) in [6.07, 6.45) is 6.16. The van der Waals surface area contributed by atoms with Gasteiger partial charge in [-0.25, -0.2) is 0 Å². The number of ether oxygens (including phenoxy) is 1. The van der Waals surface area contributed by atoms with E-state index in [1.165, 1.54) is 13.3 Å². The first-order valence-corrected chi connectivity index (χ1v) is 11.6. The normalized spacial score (nSPS) is 21.7. The summed E-state index contributed by atoms with van der Waals surface area (Å²) >= 11 is 6.12. The highest BCUT2D eigenvalue weighted by Gasteiger charge is 2.38. The minimum Gasteiger partial charge on any atom is -0.486 e. The lowest BCUT2D eigenvalue weighted by molar-refractivity contribution is -0.137. The Labute approximate surface area is 189 Å². The van der Waals surface area contributed by atoms with E-state index in [1.807, 2.05) is 0 Å². The molecule has 2 fully saturated rings. The van der Waals surface area contributed by atoms with E-state index in [1.54, 1.807) is 23.1 Å². The van der Waals surface area contributed by atoms with E-state index in [9.17, 15) is 14.7 Å². The number of hydrogen-bond acceptors (Lipinski definition) is 6. The van der Waals surface area contributed by atoms with Crippen molar-refractivity contribution in [3.8, 4) is 5.75 Å². The van der Waals surface area contributed by atoms with Gasteiger partial charge in [0.05, 0.1) is 12.1 Å². The van der Waals surface area contributed by atoms with Gasteiger partial charge in [-0.05, 0) is 56.7 Å². The minimum atomic E-state index is -0.898. The third-order valence-corrected chi connectivity index (χ3v) is 6.58. The molecule has 0 radical (unpaired) electrons. The highest BCUT2D eigenvalue weighted by molar-refractivity contribution is 6.30. The molecule has 1 saturated carbocycles. The highest BCUT2D eigenvalue weighted by Crippen LogP contribution is 2.29. The summed E-state index contributed by atoms with van der Waals surface area (Å²) in [5.41, 5.74) is 7.08. The van der Waals surface area contributed by atoms with Gasteiger partial charge in [-0.3, -0.25) is 14.9 Å². The SMILES string of the molecule is CC(=O)COc1ccc(Cl)cc1CNC(O)[C@@H]1CCCN1C(=O)[C@H](N)C1CCCCC1. The largest absolute Gasteiger partial charge is 0.486 e. The molecule has 8 heteroatoms. The van der Waals surface area contributed by atoms with Gasteiger partial charge in [-0.2, -0.15) is 0 Å². The van der Waals surface area contributed by atoms with Gasteiger partial charge in [-0.15, -0.1) is 0 Å². The van der Waals surface area contributed by atoms with Gasteiger partial charge in [0, 0.05) is 23.7 Å². The van der Waals surface area contributed by atoms with Crippen molar-refractivity contribution < 1.29 is 19.4 Å². The number of benzene rings is 1. The Morgan fingerprint density at radius 1 is 1.26 bits per heavy atom. The molecule has 1 aromatic rings. The Morgan fingerprint density at radius 3 is 2.71 bits per heavy atom. The first kappa shape index (κ1) is 24.0. The number of carbonyl (C=O) groups excluding carboxylic acids is 2.